The molecular formula is C33H44ClN3O6. The summed E-state index contributed by atoms with van der Waals surface area (Å²) in [6, 6.07) is 13.5. The van der Waals surface area contributed by atoms with E-state index in [4.69, 9.17) is 9.84 Å². The number of hydrogen-bond donors (Lipinski definition) is 3. The summed E-state index contributed by atoms with van der Waals surface area (Å²) >= 11 is 0. The molecule has 0 aromatic heterocycles. The lowest BCUT2D eigenvalue weighted by Gasteiger charge is -2.52. The summed E-state index contributed by atoms with van der Waals surface area (Å²) in [6.07, 6.45) is 7.66. The number of ether oxygens (including phenoxy) is 1. The number of benzene rings is 2. The lowest BCUT2D eigenvalue weighted by Crippen LogP contribution is -2.73. The molecular weight excluding hydrogens is 570 g/mol. The van der Waals surface area contributed by atoms with E-state index in [1.807, 2.05) is 29.2 Å². The van der Waals surface area contributed by atoms with Gasteiger partial charge in [0.1, 0.15) is 23.1 Å². The highest BCUT2D eigenvalue weighted by Crippen LogP contribution is 2.37. The number of carboxylic acids is 1. The molecule has 10 heteroatoms. The molecule has 0 radical (unpaired) electrons. The summed E-state index contributed by atoms with van der Waals surface area (Å²) in [5, 5.41) is 23.2. The SMILES string of the molecule is CCCCN1C(=O)[C@@H](CC2(O)CCCCC2)NC(=O)C12CCN(Cc1ccc(Oc3ccc(C(=O)O)cc3)cc1)CC2.Cl. The Labute approximate surface area is 260 Å². The number of halogens is 1. The summed E-state index contributed by atoms with van der Waals surface area (Å²) in [4.78, 5) is 42.7. The average Bonchev–Trinajstić information content (AvgIpc) is 2.98. The van der Waals surface area contributed by atoms with Gasteiger partial charge in [-0.2, -0.15) is 0 Å². The number of aromatic carboxylic acids is 1. The van der Waals surface area contributed by atoms with Gasteiger partial charge in [-0.25, -0.2) is 4.79 Å². The Morgan fingerprint density at radius 1 is 0.953 bits per heavy atom. The Morgan fingerprint density at radius 3 is 2.14 bits per heavy atom. The van der Waals surface area contributed by atoms with Crippen molar-refractivity contribution in [3.8, 4) is 11.5 Å². The van der Waals surface area contributed by atoms with Gasteiger partial charge in [-0.15, -0.1) is 12.4 Å². The number of piperidine rings is 1. The number of carbonyl (C=O) groups is 3. The summed E-state index contributed by atoms with van der Waals surface area (Å²) in [6.45, 7) is 4.79. The highest BCUT2D eigenvalue weighted by molar-refractivity contribution is 6.00. The zero-order chi connectivity index (χ0) is 29.7. The first kappa shape index (κ1) is 32.8. The van der Waals surface area contributed by atoms with Crippen molar-refractivity contribution in [1.82, 2.24) is 15.1 Å². The van der Waals surface area contributed by atoms with Crippen molar-refractivity contribution in [2.24, 2.45) is 0 Å². The van der Waals surface area contributed by atoms with Gasteiger partial charge in [-0.3, -0.25) is 14.5 Å². The molecule has 0 bridgehead atoms. The maximum Gasteiger partial charge on any atom is 0.335 e. The molecule has 43 heavy (non-hydrogen) atoms. The topological polar surface area (TPSA) is 119 Å². The second-order valence-corrected chi connectivity index (χ2v) is 12.2. The van der Waals surface area contributed by atoms with E-state index in [9.17, 15) is 19.5 Å². The van der Waals surface area contributed by atoms with Crippen LogP contribution in [-0.2, 0) is 16.1 Å². The molecule has 3 aliphatic rings. The summed E-state index contributed by atoms with van der Waals surface area (Å²) in [5.41, 5.74) is -0.376. The fourth-order valence-electron chi connectivity index (χ4n) is 6.75. The van der Waals surface area contributed by atoms with Gasteiger partial charge in [-0.05, 0) is 74.1 Å². The molecule has 5 rings (SSSR count). The first-order chi connectivity index (χ1) is 20.2. The van der Waals surface area contributed by atoms with Crippen molar-refractivity contribution in [3.63, 3.8) is 0 Å². The van der Waals surface area contributed by atoms with Crippen LogP contribution in [0.25, 0.3) is 0 Å². The minimum absolute atomic E-state index is 0. The molecule has 2 saturated heterocycles. The maximum atomic E-state index is 13.8. The third-order valence-electron chi connectivity index (χ3n) is 9.26. The van der Waals surface area contributed by atoms with Crippen LogP contribution in [0, 0.1) is 0 Å². The van der Waals surface area contributed by atoms with E-state index in [-0.39, 0.29) is 29.8 Å². The molecule has 3 fully saturated rings. The van der Waals surface area contributed by atoms with Gasteiger partial charge in [0.05, 0.1) is 11.2 Å². The second-order valence-electron chi connectivity index (χ2n) is 12.2. The Bertz CT molecular complexity index is 1250. The van der Waals surface area contributed by atoms with E-state index in [2.05, 4.69) is 17.1 Å². The smallest absolute Gasteiger partial charge is 0.335 e. The summed E-state index contributed by atoms with van der Waals surface area (Å²) in [7, 11) is 0. The minimum atomic E-state index is -0.975. The molecule has 1 aliphatic carbocycles. The van der Waals surface area contributed by atoms with Crippen LogP contribution in [0.4, 0.5) is 0 Å². The van der Waals surface area contributed by atoms with Crippen LogP contribution in [0.15, 0.2) is 48.5 Å². The lowest BCUT2D eigenvalue weighted by atomic mass is 9.77. The van der Waals surface area contributed by atoms with Crippen LogP contribution in [0.3, 0.4) is 0 Å². The van der Waals surface area contributed by atoms with E-state index in [0.717, 1.165) is 44.2 Å². The molecule has 2 amide bonds. The Balaban J connectivity index is 0.00000423. The number of unbranched alkanes of at least 4 members (excludes halogenated alkanes) is 1. The number of nitrogens with zero attached hydrogens (tertiary/aromatic N) is 2. The number of likely N-dealkylation sites (tertiary alicyclic amines) is 1. The first-order valence-electron chi connectivity index (χ1n) is 15.4. The second kappa shape index (κ2) is 14.1. The number of piperazine rings is 1. The van der Waals surface area contributed by atoms with Gasteiger partial charge < -0.3 is 25.2 Å². The number of rotatable bonds is 10. The first-order valence-corrected chi connectivity index (χ1v) is 15.4. The number of hydrogen-bond acceptors (Lipinski definition) is 6. The third-order valence-corrected chi connectivity index (χ3v) is 9.26. The van der Waals surface area contributed by atoms with Gasteiger partial charge in [0.25, 0.3) is 0 Å². The Hall–Kier alpha value is -3.14. The fourth-order valence-corrected chi connectivity index (χ4v) is 6.75. The molecule has 2 heterocycles. The van der Waals surface area contributed by atoms with Crippen LogP contribution >= 0.6 is 12.4 Å². The van der Waals surface area contributed by atoms with E-state index in [1.165, 1.54) is 12.1 Å². The van der Waals surface area contributed by atoms with E-state index in [1.54, 1.807) is 12.1 Å². The number of carbonyl (C=O) groups excluding carboxylic acids is 2. The van der Waals surface area contributed by atoms with Crippen molar-refractivity contribution >= 4 is 30.2 Å². The van der Waals surface area contributed by atoms with Gasteiger partial charge >= 0.3 is 5.97 Å². The van der Waals surface area contributed by atoms with Crippen LogP contribution < -0.4 is 10.1 Å². The number of aliphatic hydroxyl groups is 1. The normalized spacial score (nSPS) is 21.6. The molecule has 9 nitrogen and oxygen atoms in total. The van der Waals surface area contributed by atoms with Gasteiger partial charge in [0.15, 0.2) is 0 Å². The highest BCUT2D eigenvalue weighted by atomic mass is 35.5. The van der Waals surface area contributed by atoms with Gasteiger partial charge in [-0.1, -0.05) is 44.7 Å². The van der Waals surface area contributed by atoms with Crippen LogP contribution in [0.1, 0.15) is 87.1 Å². The summed E-state index contributed by atoms with van der Waals surface area (Å²) < 4.78 is 5.86. The van der Waals surface area contributed by atoms with E-state index < -0.39 is 23.2 Å². The molecule has 2 aliphatic heterocycles. The highest BCUT2D eigenvalue weighted by Gasteiger charge is 2.54. The average molecular weight is 614 g/mol. The lowest BCUT2D eigenvalue weighted by molar-refractivity contribution is -0.163. The molecule has 234 valence electrons. The van der Waals surface area contributed by atoms with Gasteiger partial charge in [0, 0.05) is 32.6 Å². The molecule has 1 spiro atoms. The van der Waals surface area contributed by atoms with Crippen molar-refractivity contribution in [2.45, 2.75) is 94.9 Å². The number of nitrogens with one attached hydrogen (secondary N) is 1. The zero-order valence-electron chi connectivity index (χ0n) is 24.9. The van der Waals surface area contributed by atoms with Gasteiger partial charge in [0.2, 0.25) is 11.8 Å². The van der Waals surface area contributed by atoms with Crippen molar-refractivity contribution in [1.29, 1.82) is 0 Å². The third kappa shape index (κ3) is 7.51. The Morgan fingerprint density at radius 2 is 1.56 bits per heavy atom. The van der Waals surface area contributed by atoms with Crippen LogP contribution in [0.2, 0.25) is 0 Å². The molecule has 1 saturated carbocycles. The molecule has 0 unspecified atom stereocenters. The van der Waals surface area contributed by atoms with Crippen molar-refractivity contribution in [3.05, 3.63) is 59.7 Å². The standard InChI is InChI=1S/C33H43N3O6.ClH/c1-2-3-19-36-29(37)28(22-32(41)15-5-4-6-16-32)34-31(40)33(36)17-20-35(21-18-33)23-24-7-11-26(12-8-24)42-27-13-9-25(10-14-27)30(38)39;/h7-14,28,41H,2-6,15-23H2,1H3,(H,34,40)(H,38,39);1H/t28-;/m1./s1. The summed E-state index contributed by atoms with van der Waals surface area (Å²) in [5.74, 6) is 0.147. The van der Waals surface area contributed by atoms with Crippen molar-refractivity contribution in [2.75, 3.05) is 19.6 Å². The number of amides is 2. The maximum absolute atomic E-state index is 13.8. The van der Waals surface area contributed by atoms with Crippen LogP contribution in [0.5, 0.6) is 11.5 Å². The molecule has 3 N–H and O–H groups in total. The Kier molecular flexibility index (Phi) is 10.7. The number of carboxylic acid groups (broad SMARTS) is 1. The van der Waals surface area contributed by atoms with E-state index in [0.29, 0.717) is 63.2 Å². The predicted octanol–water partition coefficient (Wildman–Crippen LogP) is 5.15. The monoisotopic (exact) mass is 613 g/mol. The quantitative estimate of drug-likeness (QED) is 0.339. The largest absolute Gasteiger partial charge is 0.478 e. The molecule has 2 aromatic carbocycles. The minimum Gasteiger partial charge on any atom is -0.478 e. The zero-order valence-corrected chi connectivity index (χ0v) is 25.7. The van der Waals surface area contributed by atoms with Crippen molar-refractivity contribution < 1.29 is 29.3 Å². The predicted molar refractivity (Wildman–Crippen MR) is 166 cm³/mol. The fraction of sp³-hybridized carbons (Fsp3) is 0.545. The van der Waals surface area contributed by atoms with Crippen LogP contribution in [-0.4, -0.2) is 74.6 Å². The van der Waals surface area contributed by atoms with E-state index >= 15 is 0 Å². The molecule has 1 atom stereocenters. The molecule has 2 aromatic rings.